The van der Waals surface area contributed by atoms with Crippen LogP contribution in [-0.4, -0.2) is 12.6 Å². The summed E-state index contributed by atoms with van der Waals surface area (Å²) >= 11 is 0. The quantitative estimate of drug-likeness (QED) is 0.755. The lowest BCUT2D eigenvalue weighted by molar-refractivity contribution is 0.518. The number of rotatable bonds is 4. The Morgan fingerprint density at radius 3 is 2.56 bits per heavy atom. The summed E-state index contributed by atoms with van der Waals surface area (Å²) in [6, 6.07) is 6.56. The third-order valence-electron chi connectivity index (χ3n) is 2.87. The van der Waals surface area contributed by atoms with Crippen LogP contribution in [0.25, 0.3) is 0 Å². The molecule has 1 rings (SSSR count). The fraction of sp³-hybridized carbons (Fsp3) is 0.429. The van der Waals surface area contributed by atoms with Gasteiger partial charge >= 0.3 is 0 Å². The Kier molecular flexibility index (Phi) is 4.54. The molecular weight excluding hydrogens is 196 g/mol. The van der Waals surface area contributed by atoms with Gasteiger partial charge in [0.25, 0.3) is 0 Å². The number of nitrogens with one attached hydrogen (secondary N) is 1. The van der Waals surface area contributed by atoms with Crippen LogP contribution in [0.1, 0.15) is 29.7 Å². The second-order valence-electron chi connectivity index (χ2n) is 4.19. The molecule has 0 fully saturated rings. The van der Waals surface area contributed by atoms with E-state index < -0.39 is 0 Å². The van der Waals surface area contributed by atoms with Crippen molar-refractivity contribution in [3.8, 4) is 12.3 Å². The molecule has 86 valence electrons. The number of hydrogen-bond donors (Lipinski definition) is 2. The van der Waals surface area contributed by atoms with E-state index >= 15 is 0 Å². The molecule has 0 heterocycles. The van der Waals surface area contributed by atoms with Crippen molar-refractivity contribution >= 4 is 0 Å². The molecule has 1 aromatic carbocycles. The Morgan fingerprint density at radius 1 is 1.38 bits per heavy atom. The van der Waals surface area contributed by atoms with Gasteiger partial charge in [0.1, 0.15) is 0 Å². The Hall–Kier alpha value is -1.30. The van der Waals surface area contributed by atoms with Gasteiger partial charge in [-0.2, -0.15) is 0 Å². The molecule has 0 bridgehead atoms. The van der Waals surface area contributed by atoms with Crippen LogP contribution in [0.2, 0.25) is 0 Å². The highest BCUT2D eigenvalue weighted by molar-refractivity contribution is 5.32. The lowest BCUT2D eigenvalue weighted by Gasteiger charge is -2.20. The van der Waals surface area contributed by atoms with Gasteiger partial charge in [0.2, 0.25) is 0 Å². The van der Waals surface area contributed by atoms with Crippen LogP contribution < -0.4 is 11.1 Å². The zero-order valence-corrected chi connectivity index (χ0v) is 10.2. The SMILES string of the molecule is C#CC(C)NC(CN)c1ccc(C)c(C)c1. The highest BCUT2D eigenvalue weighted by Crippen LogP contribution is 2.16. The third-order valence-corrected chi connectivity index (χ3v) is 2.87. The summed E-state index contributed by atoms with van der Waals surface area (Å²) in [5.74, 6) is 2.66. The lowest BCUT2D eigenvalue weighted by atomic mass is 10.0. The fourth-order valence-corrected chi connectivity index (χ4v) is 1.63. The predicted molar refractivity (Wildman–Crippen MR) is 69.1 cm³/mol. The maximum absolute atomic E-state index is 5.76. The Bertz CT molecular complexity index is 390. The molecule has 2 atom stereocenters. The van der Waals surface area contributed by atoms with Crippen molar-refractivity contribution in [3.05, 3.63) is 34.9 Å². The largest absolute Gasteiger partial charge is 0.329 e. The van der Waals surface area contributed by atoms with Gasteiger partial charge in [-0.15, -0.1) is 6.42 Å². The van der Waals surface area contributed by atoms with Crippen molar-refractivity contribution < 1.29 is 0 Å². The molecule has 0 aliphatic carbocycles. The number of hydrogen-bond acceptors (Lipinski definition) is 2. The Labute approximate surface area is 98.2 Å². The molecule has 1 aromatic rings. The van der Waals surface area contributed by atoms with E-state index in [1.807, 2.05) is 6.92 Å². The van der Waals surface area contributed by atoms with Crippen LogP contribution in [0.15, 0.2) is 18.2 Å². The highest BCUT2D eigenvalue weighted by Gasteiger charge is 2.11. The minimum absolute atomic E-state index is 0.0372. The van der Waals surface area contributed by atoms with Gasteiger partial charge in [-0.25, -0.2) is 0 Å². The maximum Gasteiger partial charge on any atom is 0.0663 e. The minimum Gasteiger partial charge on any atom is -0.329 e. The first-order valence-corrected chi connectivity index (χ1v) is 5.58. The van der Waals surface area contributed by atoms with Crippen LogP contribution in [0.4, 0.5) is 0 Å². The maximum atomic E-state index is 5.76. The molecule has 3 N–H and O–H groups in total. The van der Waals surface area contributed by atoms with E-state index in [1.165, 1.54) is 16.7 Å². The van der Waals surface area contributed by atoms with E-state index in [9.17, 15) is 0 Å². The van der Waals surface area contributed by atoms with Crippen LogP contribution in [0.5, 0.6) is 0 Å². The molecule has 0 saturated heterocycles. The van der Waals surface area contributed by atoms with Gasteiger partial charge in [-0.3, -0.25) is 5.32 Å². The first kappa shape index (κ1) is 12.8. The molecule has 16 heavy (non-hydrogen) atoms. The second-order valence-corrected chi connectivity index (χ2v) is 4.19. The van der Waals surface area contributed by atoms with Gasteiger partial charge < -0.3 is 5.73 Å². The summed E-state index contributed by atoms with van der Waals surface area (Å²) in [6.45, 7) is 6.73. The minimum atomic E-state index is 0.0372. The second kappa shape index (κ2) is 5.69. The van der Waals surface area contributed by atoms with Gasteiger partial charge in [-0.05, 0) is 37.5 Å². The van der Waals surface area contributed by atoms with Crippen molar-refractivity contribution in [1.29, 1.82) is 0 Å². The van der Waals surface area contributed by atoms with Gasteiger partial charge in [0.05, 0.1) is 6.04 Å². The molecule has 0 spiro atoms. The smallest absolute Gasteiger partial charge is 0.0663 e. The van der Waals surface area contributed by atoms with Gasteiger partial charge in [-0.1, -0.05) is 24.1 Å². The molecular formula is C14H20N2. The van der Waals surface area contributed by atoms with Crippen LogP contribution in [0, 0.1) is 26.2 Å². The number of aryl methyl sites for hydroxylation is 2. The normalized spacial score (nSPS) is 14.2. The molecule has 2 heteroatoms. The van der Waals surface area contributed by atoms with E-state index in [1.54, 1.807) is 0 Å². The predicted octanol–water partition coefficient (Wildman–Crippen LogP) is 1.91. The van der Waals surface area contributed by atoms with Crippen LogP contribution in [-0.2, 0) is 0 Å². The van der Waals surface area contributed by atoms with Crippen molar-refractivity contribution in [2.45, 2.75) is 32.9 Å². The molecule has 0 aliphatic rings. The number of nitrogens with two attached hydrogens (primary N) is 1. The van der Waals surface area contributed by atoms with Crippen LogP contribution in [0.3, 0.4) is 0 Å². The monoisotopic (exact) mass is 216 g/mol. The number of terminal acetylenes is 1. The van der Waals surface area contributed by atoms with Gasteiger partial charge in [0, 0.05) is 12.6 Å². The molecule has 0 radical (unpaired) electrons. The molecule has 0 amide bonds. The van der Waals surface area contributed by atoms with Crippen LogP contribution >= 0.6 is 0 Å². The van der Waals surface area contributed by atoms with E-state index in [4.69, 9.17) is 12.2 Å². The van der Waals surface area contributed by atoms with E-state index in [0.29, 0.717) is 6.54 Å². The van der Waals surface area contributed by atoms with Crippen molar-refractivity contribution in [2.24, 2.45) is 5.73 Å². The van der Waals surface area contributed by atoms with Crippen molar-refractivity contribution in [3.63, 3.8) is 0 Å². The molecule has 2 unspecified atom stereocenters. The van der Waals surface area contributed by atoms with E-state index in [2.05, 4.69) is 43.3 Å². The standard InChI is InChI=1S/C14H20N2/c1-5-12(4)16-14(9-15)13-7-6-10(2)11(3)8-13/h1,6-8,12,14,16H,9,15H2,2-4H3. The summed E-state index contributed by atoms with van der Waals surface area (Å²) in [6.07, 6.45) is 5.35. The lowest BCUT2D eigenvalue weighted by Crippen LogP contribution is -2.34. The highest BCUT2D eigenvalue weighted by atomic mass is 15.0. The summed E-state index contributed by atoms with van der Waals surface area (Å²) in [5.41, 5.74) is 9.55. The molecule has 0 aromatic heterocycles. The van der Waals surface area contributed by atoms with Crippen molar-refractivity contribution in [1.82, 2.24) is 5.32 Å². The summed E-state index contributed by atoms with van der Waals surface area (Å²) in [7, 11) is 0. The summed E-state index contributed by atoms with van der Waals surface area (Å²) < 4.78 is 0. The summed E-state index contributed by atoms with van der Waals surface area (Å²) in [5, 5.41) is 3.32. The zero-order chi connectivity index (χ0) is 12.1. The Balaban J connectivity index is 2.87. The first-order chi connectivity index (χ1) is 7.58. The average Bonchev–Trinajstić information content (AvgIpc) is 2.29. The zero-order valence-electron chi connectivity index (χ0n) is 10.2. The molecule has 0 aliphatic heterocycles. The molecule has 0 saturated carbocycles. The van der Waals surface area contributed by atoms with Gasteiger partial charge in [0.15, 0.2) is 0 Å². The summed E-state index contributed by atoms with van der Waals surface area (Å²) in [4.78, 5) is 0. The molecule has 2 nitrogen and oxygen atoms in total. The fourth-order valence-electron chi connectivity index (χ4n) is 1.63. The number of benzene rings is 1. The first-order valence-electron chi connectivity index (χ1n) is 5.58. The van der Waals surface area contributed by atoms with Crippen molar-refractivity contribution in [2.75, 3.05) is 6.54 Å². The van der Waals surface area contributed by atoms with E-state index in [0.717, 1.165) is 0 Å². The topological polar surface area (TPSA) is 38.0 Å². The van der Waals surface area contributed by atoms with E-state index in [-0.39, 0.29) is 12.1 Å². The Morgan fingerprint density at radius 2 is 2.06 bits per heavy atom. The average molecular weight is 216 g/mol. The third kappa shape index (κ3) is 3.10.